The maximum absolute atomic E-state index is 12.4. The number of hydrogen-bond donors (Lipinski definition) is 1. The van der Waals surface area contributed by atoms with Gasteiger partial charge in [0.05, 0.1) is 0 Å². The third-order valence-corrected chi connectivity index (χ3v) is 6.94. The molecule has 5 aromatic rings. The summed E-state index contributed by atoms with van der Waals surface area (Å²) in [5.74, 6) is 1.36. The van der Waals surface area contributed by atoms with Gasteiger partial charge in [-0.2, -0.15) is 0 Å². The SMILES string of the molecule is OC1(c2ccccc2Oc2ccccc2-c2ccccc2)c2ccccc2-c2ccc(Br)cc21. The van der Waals surface area contributed by atoms with E-state index in [1.54, 1.807) is 0 Å². The van der Waals surface area contributed by atoms with Gasteiger partial charge in [-0.1, -0.05) is 113 Å². The van der Waals surface area contributed by atoms with Crippen molar-refractivity contribution < 1.29 is 9.84 Å². The molecule has 0 aliphatic heterocycles. The normalized spacial score (nSPS) is 16.1. The van der Waals surface area contributed by atoms with Crippen LogP contribution in [-0.2, 0) is 5.60 Å². The highest BCUT2D eigenvalue weighted by atomic mass is 79.9. The lowest BCUT2D eigenvalue weighted by Crippen LogP contribution is -2.26. The summed E-state index contributed by atoms with van der Waals surface area (Å²) in [5.41, 5.74) is 5.21. The highest BCUT2D eigenvalue weighted by molar-refractivity contribution is 9.10. The van der Waals surface area contributed by atoms with Crippen LogP contribution in [-0.4, -0.2) is 5.11 Å². The molecule has 0 heterocycles. The minimum absolute atomic E-state index is 0.621. The maximum atomic E-state index is 12.4. The summed E-state index contributed by atoms with van der Waals surface area (Å²) in [5, 5.41) is 12.4. The van der Waals surface area contributed by atoms with Gasteiger partial charge in [-0.25, -0.2) is 0 Å². The molecule has 0 amide bonds. The lowest BCUT2D eigenvalue weighted by molar-refractivity contribution is 0.128. The topological polar surface area (TPSA) is 29.5 Å². The summed E-state index contributed by atoms with van der Waals surface area (Å²) < 4.78 is 7.48. The third kappa shape index (κ3) is 3.28. The van der Waals surface area contributed by atoms with Gasteiger partial charge in [0.25, 0.3) is 0 Å². The Hall–Kier alpha value is -3.66. The minimum Gasteiger partial charge on any atom is -0.456 e. The molecule has 0 saturated carbocycles. The fraction of sp³-hybridized carbons (Fsp3) is 0.0323. The quantitative estimate of drug-likeness (QED) is 0.267. The van der Waals surface area contributed by atoms with Crippen LogP contribution < -0.4 is 4.74 Å². The monoisotopic (exact) mass is 504 g/mol. The van der Waals surface area contributed by atoms with Crippen LogP contribution in [0.4, 0.5) is 0 Å². The van der Waals surface area contributed by atoms with Crippen LogP contribution in [0, 0.1) is 0 Å². The number of fused-ring (bicyclic) bond motifs is 3. The predicted octanol–water partition coefficient (Wildman–Crippen LogP) is 8.17. The summed E-state index contributed by atoms with van der Waals surface area (Å²) in [4.78, 5) is 0. The number of para-hydroxylation sites is 2. The van der Waals surface area contributed by atoms with Crippen LogP contribution in [0.3, 0.4) is 0 Å². The molecule has 164 valence electrons. The van der Waals surface area contributed by atoms with Gasteiger partial charge in [0.1, 0.15) is 17.1 Å². The van der Waals surface area contributed by atoms with Gasteiger partial charge in [-0.15, -0.1) is 0 Å². The summed E-state index contributed by atoms with van der Waals surface area (Å²) in [7, 11) is 0. The van der Waals surface area contributed by atoms with Crippen molar-refractivity contribution in [3.63, 3.8) is 0 Å². The highest BCUT2D eigenvalue weighted by Crippen LogP contribution is 2.53. The molecule has 6 rings (SSSR count). The van der Waals surface area contributed by atoms with E-state index >= 15 is 0 Å². The molecular weight excluding hydrogens is 484 g/mol. The second kappa shape index (κ2) is 8.28. The van der Waals surface area contributed by atoms with Crippen LogP contribution in [0.5, 0.6) is 11.5 Å². The molecule has 0 fully saturated rings. The number of rotatable bonds is 4. The highest BCUT2D eigenvalue weighted by Gasteiger charge is 2.44. The molecule has 0 aromatic heterocycles. The zero-order valence-corrected chi connectivity index (χ0v) is 19.9. The first kappa shape index (κ1) is 20.9. The van der Waals surface area contributed by atoms with Gasteiger partial charge in [0, 0.05) is 26.7 Å². The fourth-order valence-electron chi connectivity index (χ4n) is 4.90. The number of aliphatic hydroxyl groups is 1. The third-order valence-electron chi connectivity index (χ3n) is 6.45. The van der Waals surface area contributed by atoms with Crippen LogP contribution in [0.25, 0.3) is 22.3 Å². The van der Waals surface area contributed by atoms with Gasteiger partial charge in [-0.3, -0.25) is 0 Å². The Labute approximate surface area is 207 Å². The molecule has 0 bridgehead atoms. The van der Waals surface area contributed by atoms with E-state index in [-0.39, 0.29) is 0 Å². The van der Waals surface area contributed by atoms with Gasteiger partial charge >= 0.3 is 0 Å². The summed E-state index contributed by atoms with van der Waals surface area (Å²) in [6, 6.07) is 40.1. The zero-order chi connectivity index (χ0) is 23.1. The van der Waals surface area contributed by atoms with Gasteiger partial charge in [0.2, 0.25) is 0 Å². The van der Waals surface area contributed by atoms with Crippen molar-refractivity contribution in [2.45, 2.75) is 5.60 Å². The summed E-state index contributed by atoms with van der Waals surface area (Å²) >= 11 is 3.60. The van der Waals surface area contributed by atoms with Crippen molar-refractivity contribution in [3.05, 3.63) is 142 Å². The largest absolute Gasteiger partial charge is 0.456 e. The molecule has 2 nitrogen and oxygen atoms in total. The number of ether oxygens (including phenoxy) is 1. The molecule has 1 aliphatic rings. The first-order valence-electron chi connectivity index (χ1n) is 11.2. The van der Waals surface area contributed by atoms with Crippen LogP contribution in [0.15, 0.2) is 126 Å². The van der Waals surface area contributed by atoms with Crippen molar-refractivity contribution in [3.8, 4) is 33.8 Å². The first-order chi connectivity index (χ1) is 16.7. The molecule has 1 aliphatic carbocycles. The van der Waals surface area contributed by atoms with Crippen molar-refractivity contribution in [1.29, 1.82) is 0 Å². The lowest BCUT2D eigenvalue weighted by atomic mass is 9.83. The van der Waals surface area contributed by atoms with E-state index in [0.29, 0.717) is 11.3 Å². The smallest absolute Gasteiger partial charge is 0.145 e. The standard InChI is InChI=1S/C31H21BrO2/c32-22-18-19-25-24-13-4-6-14-26(24)31(33,28(25)20-22)27-15-7-9-17-30(27)34-29-16-8-5-12-23(29)21-10-2-1-3-11-21/h1-20,33H. The Balaban J connectivity index is 1.53. The Morgan fingerprint density at radius 2 is 1.12 bits per heavy atom. The lowest BCUT2D eigenvalue weighted by Gasteiger charge is -2.29. The maximum Gasteiger partial charge on any atom is 0.145 e. The van der Waals surface area contributed by atoms with Gasteiger partial charge in [-0.05, 0) is 41.0 Å². The van der Waals surface area contributed by atoms with E-state index in [1.807, 2.05) is 91.0 Å². The van der Waals surface area contributed by atoms with Crippen LogP contribution in [0.2, 0.25) is 0 Å². The minimum atomic E-state index is -1.34. The Bertz CT molecular complexity index is 1510. The fourth-order valence-corrected chi connectivity index (χ4v) is 5.27. The summed E-state index contributed by atoms with van der Waals surface area (Å²) in [6.45, 7) is 0. The van der Waals surface area contributed by atoms with E-state index < -0.39 is 5.60 Å². The molecule has 1 N–H and O–H groups in total. The molecule has 1 unspecified atom stereocenters. The van der Waals surface area contributed by atoms with Gasteiger partial charge < -0.3 is 9.84 Å². The molecule has 0 spiro atoms. The Kier molecular flexibility index (Phi) is 5.09. The number of halogens is 1. The van der Waals surface area contributed by atoms with E-state index in [9.17, 15) is 5.11 Å². The molecule has 0 radical (unpaired) electrons. The second-order valence-corrected chi connectivity index (χ2v) is 9.32. The number of benzene rings is 5. The Morgan fingerprint density at radius 3 is 1.91 bits per heavy atom. The summed E-state index contributed by atoms with van der Waals surface area (Å²) in [6.07, 6.45) is 0. The molecule has 5 aromatic carbocycles. The zero-order valence-electron chi connectivity index (χ0n) is 18.3. The Morgan fingerprint density at radius 1 is 0.529 bits per heavy atom. The van der Waals surface area contributed by atoms with Crippen LogP contribution >= 0.6 is 15.9 Å². The van der Waals surface area contributed by atoms with Crippen molar-refractivity contribution in [1.82, 2.24) is 0 Å². The van der Waals surface area contributed by atoms with Gasteiger partial charge in [0.15, 0.2) is 0 Å². The molecular formula is C31H21BrO2. The molecule has 0 saturated heterocycles. The number of hydrogen-bond acceptors (Lipinski definition) is 2. The van der Waals surface area contributed by atoms with E-state index in [4.69, 9.17) is 4.74 Å². The van der Waals surface area contributed by atoms with Crippen LogP contribution in [0.1, 0.15) is 16.7 Å². The van der Waals surface area contributed by atoms with Crippen molar-refractivity contribution in [2.75, 3.05) is 0 Å². The predicted molar refractivity (Wildman–Crippen MR) is 140 cm³/mol. The van der Waals surface area contributed by atoms with Crippen molar-refractivity contribution >= 4 is 15.9 Å². The molecule has 1 atom stereocenters. The molecule has 34 heavy (non-hydrogen) atoms. The van der Waals surface area contributed by atoms with E-state index in [2.05, 4.69) is 46.3 Å². The average molecular weight is 505 g/mol. The first-order valence-corrected chi connectivity index (χ1v) is 12.0. The van der Waals surface area contributed by atoms with Crippen molar-refractivity contribution in [2.24, 2.45) is 0 Å². The van der Waals surface area contributed by atoms with E-state index in [1.165, 1.54) is 0 Å². The average Bonchev–Trinajstić information content (AvgIpc) is 3.14. The second-order valence-electron chi connectivity index (χ2n) is 8.41. The van der Waals surface area contributed by atoms with E-state index in [0.717, 1.165) is 43.6 Å². The molecule has 3 heteroatoms.